The highest BCUT2D eigenvalue weighted by Crippen LogP contribution is 2.40. The molecule has 0 saturated heterocycles. The summed E-state index contributed by atoms with van der Waals surface area (Å²) in [6, 6.07) is 7.99. The number of benzene rings is 1. The van der Waals surface area contributed by atoms with E-state index in [2.05, 4.69) is 21.9 Å². The summed E-state index contributed by atoms with van der Waals surface area (Å²) in [6.45, 7) is 4.29. The molecule has 5 rings (SSSR count). The lowest BCUT2D eigenvalue weighted by atomic mass is 9.89. The molecule has 1 atom stereocenters. The van der Waals surface area contributed by atoms with E-state index in [0.717, 1.165) is 50.8 Å². The van der Waals surface area contributed by atoms with E-state index in [-0.39, 0.29) is 5.78 Å². The van der Waals surface area contributed by atoms with Gasteiger partial charge in [-0.2, -0.15) is 0 Å². The molecule has 0 spiro atoms. The molecular weight excluding hydrogens is 386 g/mol. The summed E-state index contributed by atoms with van der Waals surface area (Å²) in [5.74, 6) is 1.26. The molecule has 0 fully saturated rings. The van der Waals surface area contributed by atoms with Crippen LogP contribution in [0.5, 0.6) is 0 Å². The second-order valence-corrected chi connectivity index (χ2v) is 9.64. The molecule has 1 aliphatic rings. The second kappa shape index (κ2) is 7.01. The highest BCUT2D eigenvalue weighted by molar-refractivity contribution is 8.00. The van der Waals surface area contributed by atoms with Crippen molar-refractivity contribution in [2.24, 2.45) is 5.92 Å². The third kappa shape index (κ3) is 2.95. The molecule has 0 radical (unpaired) electrons. The molecule has 0 amide bonds. The number of aromatic amines is 1. The summed E-state index contributed by atoms with van der Waals surface area (Å²) in [5, 5.41) is 3.13. The Morgan fingerprint density at radius 1 is 1.32 bits per heavy atom. The molecule has 142 valence electrons. The summed E-state index contributed by atoms with van der Waals surface area (Å²) < 4.78 is 0. The van der Waals surface area contributed by atoms with Crippen LogP contribution in [-0.2, 0) is 12.8 Å². The smallest absolute Gasteiger partial charge is 0.175 e. The maximum absolute atomic E-state index is 13.0. The molecule has 1 aromatic carbocycles. The molecule has 4 aromatic rings. The number of thiophene rings is 1. The highest BCUT2D eigenvalue weighted by Gasteiger charge is 2.24. The zero-order chi connectivity index (χ0) is 19.3. The number of H-pyrrole nitrogens is 1. The normalized spacial score (nSPS) is 16.6. The van der Waals surface area contributed by atoms with Crippen molar-refractivity contribution >= 4 is 50.0 Å². The fourth-order valence-corrected chi connectivity index (χ4v) is 6.51. The zero-order valence-corrected chi connectivity index (χ0v) is 17.5. The van der Waals surface area contributed by atoms with E-state index in [1.165, 1.54) is 22.2 Å². The Kier molecular flexibility index (Phi) is 4.48. The van der Waals surface area contributed by atoms with E-state index in [9.17, 15) is 4.79 Å². The van der Waals surface area contributed by atoms with Gasteiger partial charge in [0.05, 0.1) is 5.75 Å². The largest absolute Gasteiger partial charge is 0.358 e. The monoisotopic (exact) mass is 407 g/mol. The van der Waals surface area contributed by atoms with Crippen LogP contribution in [0.3, 0.4) is 0 Å². The fourth-order valence-electron chi connectivity index (χ4n) is 4.20. The van der Waals surface area contributed by atoms with Gasteiger partial charge in [0.1, 0.15) is 16.2 Å². The van der Waals surface area contributed by atoms with Gasteiger partial charge in [0.15, 0.2) is 5.78 Å². The number of carbonyl (C=O) groups excluding carboxylic acids is 1. The number of nitrogens with one attached hydrogen (secondary N) is 1. The summed E-state index contributed by atoms with van der Waals surface area (Å²) in [4.78, 5) is 27.9. The Bertz CT molecular complexity index is 1210. The van der Waals surface area contributed by atoms with Gasteiger partial charge in [-0.15, -0.1) is 11.3 Å². The van der Waals surface area contributed by atoms with Crippen molar-refractivity contribution in [2.75, 3.05) is 5.75 Å². The van der Waals surface area contributed by atoms with Crippen LogP contribution in [-0.4, -0.2) is 26.5 Å². The number of para-hydroxylation sites is 1. The minimum absolute atomic E-state index is 0.143. The molecule has 3 heterocycles. The van der Waals surface area contributed by atoms with E-state index >= 15 is 0 Å². The van der Waals surface area contributed by atoms with Crippen molar-refractivity contribution < 1.29 is 4.79 Å². The van der Waals surface area contributed by atoms with Crippen LogP contribution in [0, 0.1) is 12.8 Å². The van der Waals surface area contributed by atoms with Crippen molar-refractivity contribution in [1.29, 1.82) is 0 Å². The van der Waals surface area contributed by atoms with Crippen LogP contribution in [0.15, 0.2) is 35.6 Å². The number of carbonyl (C=O) groups is 1. The average molecular weight is 408 g/mol. The third-order valence-electron chi connectivity index (χ3n) is 5.57. The molecular formula is C22H21N3OS2. The number of thioether (sulfide) groups is 1. The topological polar surface area (TPSA) is 58.6 Å². The molecule has 6 heteroatoms. The number of nitrogens with zero attached hydrogens (tertiary/aromatic N) is 2. The summed E-state index contributed by atoms with van der Waals surface area (Å²) in [7, 11) is 0. The lowest BCUT2D eigenvalue weighted by molar-refractivity contribution is 0.102. The minimum atomic E-state index is 0.143. The van der Waals surface area contributed by atoms with Gasteiger partial charge in [-0.1, -0.05) is 36.9 Å². The predicted molar refractivity (Wildman–Crippen MR) is 117 cm³/mol. The maximum atomic E-state index is 13.0. The molecule has 0 saturated carbocycles. The SMILES string of the molecule is Cc1[nH]c2ccccc2c1C(=O)CSc1ncnc2sc3c(c12)CCC(C)C3. The minimum Gasteiger partial charge on any atom is -0.358 e. The first-order valence-electron chi connectivity index (χ1n) is 9.60. The number of rotatable bonds is 4. The average Bonchev–Trinajstić information content (AvgIpc) is 3.22. The fraction of sp³-hybridized carbons (Fsp3) is 0.318. The van der Waals surface area contributed by atoms with Gasteiger partial charge in [-0.3, -0.25) is 4.79 Å². The zero-order valence-electron chi connectivity index (χ0n) is 15.9. The molecule has 1 N–H and O–H groups in total. The molecule has 28 heavy (non-hydrogen) atoms. The Morgan fingerprint density at radius 3 is 3.07 bits per heavy atom. The first-order valence-corrected chi connectivity index (χ1v) is 11.4. The van der Waals surface area contributed by atoms with Crippen molar-refractivity contribution in [3.63, 3.8) is 0 Å². The van der Waals surface area contributed by atoms with Crippen LogP contribution in [0.4, 0.5) is 0 Å². The van der Waals surface area contributed by atoms with Crippen LogP contribution in [0.2, 0.25) is 0 Å². The van der Waals surface area contributed by atoms with Gasteiger partial charge < -0.3 is 4.98 Å². The van der Waals surface area contributed by atoms with Crippen molar-refractivity contribution in [3.05, 3.63) is 52.3 Å². The number of hydrogen-bond acceptors (Lipinski definition) is 5. The molecule has 3 aromatic heterocycles. The Morgan fingerprint density at radius 2 is 2.18 bits per heavy atom. The number of aryl methyl sites for hydroxylation is 2. The number of aromatic nitrogens is 3. The number of fused-ring (bicyclic) bond motifs is 4. The van der Waals surface area contributed by atoms with E-state index in [1.54, 1.807) is 29.4 Å². The predicted octanol–water partition coefficient (Wildman–Crippen LogP) is 5.58. The van der Waals surface area contributed by atoms with Gasteiger partial charge >= 0.3 is 0 Å². The molecule has 1 unspecified atom stereocenters. The first-order chi connectivity index (χ1) is 13.6. The van der Waals surface area contributed by atoms with Gasteiger partial charge in [0.25, 0.3) is 0 Å². The van der Waals surface area contributed by atoms with E-state index < -0.39 is 0 Å². The van der Waals surface area contributed by atoms with Crippen LogP contribution < -0.4 is 0 Å². The van der Waals surface area contributed by atoms with Gasteiger partial charge in [0, 0.05) is 32.4 Å². The molecule has 4 nitrogen and oxygen atoms in total. The number of hydrogen-bond donors (Lipinski definition) is 1. The van der Waals surface area contributed by atoms with E-state index in [0.29, 0.717) is 5.75 Å². The van der Waals surface area contributed by atoms with Crippen molar-refractivity contribution in [2.45, 2.75) is 38.1 Å². The highest BCUT2D eigenvalue weighted by atomic mass is 32.2. The van der Waals surface area contributed by atoms with Crippen molar-refractivity contribution in [1.82, 2.24) is 15.0 Å². The summed E-state index contributed by atoms with van der Waals surface area (Å²) in [6.07, 6.45) is 5.07. The number of Topliss-reactive ketones (excluding diaryl/α,β-unsaturated/α-hetero) is 1. The lowest BCUT2D eigenvalue weighted by Crippen LogP contribution is -2.09. The van der Waals surface area contributed by atoms with Crippen LogP contribution in [0.1, 0.15) is 39.8 Å². The van der Waals surface area contributed by atoms with Crippen LogP contribution >= 0.6 is 23.1 Å². The summed E-state index contributed by atoms with van der Waals surface area (Å²) in [5.41, 5.74) is 4.16. The standard InChI is InChI=1S/C22H21N3OS2/c1-12-7-8-15-18(9-12)28-22-20(15)21(23-11-24-22)27-10-17(26)19-13(2)25-16-6-4-3-5-14(16)19/h3-6,11-12,25H,7-10H2,1-2H3. The first kappa shape index (κ1) is 17.9. The molecule has 1 aliphatic carbocycles. The summed E-state index contributed by atoms with van der Waals surface area (Å²) >= 11 is 3.34. The Labute approximate surface area is 171 Å². The van der Waals surface area contributed by atoms with Crippen LogP contribution in [0.25, 0.3) is 21.1 Å². The van der Waals surface area contributed by atoms with E-state index in [1.807, 2.05) is 31.2 Å². The third-order valence-corrected chi connectivity index (χ3v) is 7.72. The van der Waals surface area contributed by atoms with Gasteiger partial charge in [-0.25, -0.2) is 9.97 Å². The Balaban J connectivity index is 1.46. The maximum Gasteiger partial charge on any atom is 0.175 e. The molecule has 0 bridgehead atoms. The van der Waals surface area contributed by atoms with Crippen molar-refractivity contribution in [3.8, 4) is 0 Å². The Hall–Kier alpha value is -2.18. The second-order valence-electron chi connectivity index (χ2n) is 7.59. The van der Waals surface area contributed by atoms with E-state index in [4.69, 9.17) is 0 Å². The van der Waals surface area contributed by atoms with Gasteiger partial charge in [0.2, 0.25) is 0 Å². The number of ketones is 1. The quantitative estimate of drug-likeness (QED) is 0.272. The van der Waals surface area contributed by atoms with Gasteiger partial charge in [-0.05, 0) is 43.7 Å². The molecule has 0 aliphatic heterocycles. The lowest BCUT2D eigenvalue weighted by Gasteiger charge is -2.18.